The molecule has 7 nitrogen and oxygen atoms in total. The molecule has 0 aliphatic carbocycles. The minimum Gasteiger partial charge on any atom is -0.378 e. The zero-order valence-electron chi connectivity index (χ0n) is 13.7. The summed E-state index contributed by atoms with van der Waals surface area (Å²) in [5.41, 5.74) is 2.04. The first kappa shape index (κ1) is 16.6. The van der Waals surface area contributed by atoms with Gasteiger partial charge in [0.25, 0.3) is 5.89 Å². The molecular formula is C17H22N4O3. The van der Waals surface area contributed by atoms with E-state index in [0.717, 1.165) is 30.5 Å². The van der Waals surface area contributed by atoms with E-state index in [4.69, 9.17) is 9.26 Å². The Hall–Kier alpha value is -2.25. The zero-order chi connectivity index (χ0) is 16.8. The van der Waals surface area contributed by atoms with Crippen LogP contribution in [0.5, 0.6) is 0 Å². The molecule has 2 N–H and O–H groups in total. The van der Waals surface area contributed by atoms with Gasteiger partial charge in [-0.25, -0.2) is 0 Å². The molecule has 0 unspecified atom stereocenters. The minimum absolute atomic E-state index is 0.00993. The summed E-state index contributed by atoms with van der Waals surface area (Å²) in [5.74, 6) is 1.23. The van der Waals surface area contributed by atoms with Crippen molar-refractivity contribution in [1.29, 1.82) is 0 Å². The number of ether oxygens (including phenoxy) is 1. The quantitative estimate of drug-likeness (QED) is 0.820. The largest absolute Gasteiger partial charge is 0.378 e. The number of hydrogen-bond acceptors (Lipinski definition) is 6. The molecule has 2 heterocycles. The van der Waals surface area contributed by atoms with Crippen molar-refractivity contribution in [1.82, 2.24) is 20.8 Å². The van der Waals surface area contributed by atoms with Gasteiger partial charge in [-0.15, -0.1) is 0 Å². The summed E-state index contributed by atoms with van der Waals surface area (Å²) in [6, 6.07) is 7.70. The topological polar surface area (TPSA) is 89.3 Å². The van der Waals surface area contributed by atoms with Gasteiger partial charge in [-0.3, -0.25) is 4.79 Å². The Balaban J connectivity index is 1.48. The van der Waals surface area contributed by atoms with Crippen LogP contribution in [0, 0.1) is 0 Å². The number of carbonyl (C=O) groups excluding carboxylic acids is 1. The Morgan fingerprint density at radius 1 is 1.38 bits per heavy atom. The van der Waals surface area contributed by atoms with Crippen LogP contribution in [0.25, 0.3) is 11.5 Å². The summed E-state index contributed by atoms with van der Waals surface area (Å²) >= 11 is 0. The van der Waals surface area contributed by atoms with Gasteiger partial charge in [-0.1, -0.05) is 24.2 Å². The third-order valence-electron chi connectivity index (χ3n) is 3.94. The molecule has 24 heavy (non-hydrogen) atoms. The molecule has 1 amide bonds. The van der Waals surface area contributed by atoms with Crippen LogP contribution in [-0.2, 0) is 22.4 Å². The normalized spacial score (nSPS) is 17.6. The van der Waals surface area contributed by atoms with Crippen molar-refractivity contribution in [3.63, 3.8) is 0 Å². The van der Waals surface area contributed by atoms with E-state index in [2.05, 4.69) is 20.8 Å². The lowest BCUT2D eigenvalue weighted by Gasteiger charge is -2.22. The number of hydrogen-bond donors (Lipinski definition) is 2. The van der Waals surface area contributed by atoms with Gasteiger partial charge in [-0.2, -0.15) is 4.98 Å². The highest BCUT2D eigenvalue weighted by Crippen LogP contribution is 2.18. The molecule has 0 saturated carbocycles. The molecular weight excluding hydrogens is 308 g/mol. The number of nitrogens with one attached hydrogen (secondary N) is 2. The number of aromatic nitrogens is 2. The van der Waals surface area contributed by atoms with Crippen molar-refractivity contribution in [3.8, 4) is 11.5 Å². The molecule has 0 bridgehead atoms. The number of nitrogens with zero attached hydrogens (tertiary/aromatic N) is 2. The van der Waals surface area contributed by atoms with E-state index in [-0.39, 0.29) is 11.9 Å². The van der Waals surface area contributed by atoms with E-state index >= 15 is 0 Å². The van der Waals surface area contributed by atoms with E-state index in [1.807, 2.05) is 31.2 Å². The molecule has 1 aromatic carbocycles. The molecule has 2 aromatic rings. The van der Waals surface area contributed by atoms with Crippen LogP contribution in [0.1, 0.15) is 18.3 Å². The van der Waals surface area contributed by atoms with E-state index in [9.17, 15) is 4.79 Å². The molecule has 1 atom stereocenters. The number of aryl methyl sites for hydroxylation is 1. The Morgan fingerprint density at radius 2 is 2.21 bits per heavy atom. The van der Waals surface area contributed by atoms with E-state index in [1.54, 1.807) is 0 Å². The minimum atomic E-state index is -0.244. The number of rotatable bonds is 6. The third kappa shape index (κ3) is 4.18. The van der Waals surface area contributed by atoms with Crippen LogP contribution < -0.4 is 10.6 Å². The van der Waals surface area contributed by atoms with Crippen LogP contribution in [-0.4, -0.2) is 48.4 Å². The molecule has 1 aliphatic heterocycles. The van der Waals surface area contributed by atoms with E-state index in [1.165, 1.54) is 0 Å². The maximum atomic E-state index is 12.0. The molecule has 1 aliphatic rings. The Morgan fingerprint density at radius 3 is 2.88 bits per heavy atom. The standard InChI is InChI=1S/C17H22N4O3/c1-2-15-20-17(24-21-15)13-5-3-12(4-6-13)7-8-19-16(22)14-11-23-10-9-18-14/h3-6,14,18H,2,7-11H2,1H3,(H,19,22)/t14-/m0/s1. The second-order valence-corrected chi connectivity index (χ2v) is 5.69. The van der Waals surface area contributed by atoms with Crippen molar-refractivity contribution in [2.75, 3.05) is 26.3 Å². The fourth-order valence-corrected chi connectivity index (χ4v) is 2.52. The van der Waals surface area contributed by atoms with Gasteiger partial charge in [0.05, 0.1) is 13.2 Å². The monoisotopic (exact) mass is 330 g/mol. The van der Waals surface area contributed by atoms with E-state index in [0.29, 0.717) is 31.5 Å². The number of benzene rings is 1. The zero-order valence-corrected chi connectivity index (χ0v) is 13.7. The van der Waals surface area contributed by atoms with Crippen LogP contribution >= 0.6 is 0 Å². The van der Waals surface area contributed by atoms with Gasteiger partial charge < -0.3 is 19.9 Å². The third-order valence-corrected chi connectivity index (χ3v) is 3.94. The summed E-state index contributed by atoms with van der Waals surface area (Å²) in [4.78, 5) is 16.3. The SMILES string of the molecule is CCc1noc(-c2ccc(CCNC(=O)[C@@H]3COCCN3)cc2)n1. The number of morpholine rings is 1. The molecule has 1 fully saturated rings. The number of amides is 1. The lowest BCUT2D eigenvalue weighted by molar-refractivity contribution is -0.125. The van der Waals surface area contributed by atoms with Crippen molar-refractivity contribution in [2.24, 2.45) is 0 Å². The first-order chi connectivity index (χ1) is 11.8. The first-order valence-corrected chi connectivity index (χ1v) is 8.27. The van der Waals surface area contributed by atoms with Crippen molar-refractivity contribution in [3.05, 3.63) is 35.7 Å². The fraction of sp³-hybridized carbons (Fsp3) is 0.471. The molecule has 1 aromatic heterocycles. The highest BCUT2D eigenvalue weighted by atomic mass is 16.5. The second kappa shape index (κ2) is 8.03. The number of carbonyl (C=O) groups is 1. The van der Waals surface area contributed by atoms with Gasteiger partial charge in [0.1, 0.15) is 6.04 Å². The van der Waals surface area contributed by atoms with Gasteiger partial charge in [-0.05, 0) is 24.1 Å². The average Bonchev–Trinajstić information content (AvgIpc) is 3.12. The molecule has 0 spiro atoms. The lowest BCUT2D eigenvalue weighted by atomic mass is 10.1. The first-order valence-electron chi connectivity index (χ1n) is 8.27. The Labute approximate surface area is 140 Å². The van der Waals surface area contributed by atoms with Crippen molar-refractivity contribution >= 4 is 5.91 Å². The van der Waals surface area contributed by atoms with E-state index < -0.39 is 0 Å². The van der Waals surface area contributed by atoms with Crippen molar-refractivity contribution < 1.29 is 14.1 Å². The average molecular weight is 330 g/mol. The van der Waals surface area contributed by atoms with Gasteiger partial charge in [0.2, 0.25) is 5.91 Å². The Bertz CT molecular complexity index is 663. The molecule has 0 radical (unpaired) electrons. The predicted molar refractivity (Wildman–Crippen MR) is 88.4 cm³/mol. The predicted octanol–water partition coefficient (Wildman–Crippen LogP) is 0.946. The molecule has 3 rings (SSSR count). The van der Waals surface area contributed by atoms with Gasteiger partial charge >= 0.3 is 0 Å². The van der Waals surface area contributed by atoms with Crippen LogP contribution in [0.2, 0.25) is 0 Å². The Kier molecular flexibility index (Phi) is 5.55. The van der Waals surface area contributed by atoms with Crippen LogP contribution in [0.3, 0.4) is 0 Å². The summed E-state index contributed by atoms with van der Waals surface area (Å²) in [7, 11) is 0. The summed E-state index contributed by atoms with van der Waals surface area (Å²) in [6.45, 7) is 4.40. The maximum absolute atomic E-state index is 12.0. The van der Waals surface area contributed by atoms with Gasteiger partial charge in [0.15, 0.2) is 5.82 Å². The summed E-state index contributed by atoms with van der Waals surface area (Å²) < 4.78 is 10.5. The lowest BCUT2D eigenvalue weighted by Crippen LogP contribution is -2.51. The van der Waals surface area contributed by atoms with Crippen LogP contribution in [0.15, 0.2) is 28.8 Å². The molecule has 128 valence electrons. The fourth-order valence-electron chi connectivity index (χ4n) is 2.52. The smallest absolute Gasteiger partial charge is 0.257 e. The summed E-state index contributed by atoms with van der Waals surface area (Å²) in [5, 5.41) is 9.97. The second-order valence-electron chi connectivity index (χ2n) is 5.69. The highest BCUT2D eigenvalue weighted by Gasteiger charge is 2.20. The molecule has 1 saturated heterocycles. The van der Waals surface area contributed by atoms with Crippen molar-refractivity contribution in [2.45, 2.75) is 25.8 Å². The van der Waals surface area contributed by atoms with Gasteiger partial charge in [0, 0.05) is 25.1 Å². The molecule has 7 heteroatoms. The summed E-state index contributed by atoms with van der Waals surface area (Å²) in [6.07, 6.45) is 1.52. The maximum Gasteiger partial charge on any atom is 0.257 e. The highest BCUT2D eigenvalue weighted by molar-refractivity contribution is 5.81. The van der Waals surface area contributed by atoms with Crippen LogP contribution in [0.4, 0.5) is 0 Å².